The van der Waals surface area contributed by atoms with Crippen LogP contribution in [-0.4, -0.2) is 4.92 Å². The van der Waals surface area contributed by atoms with Gasteiger partial charge in [-0.25, -0.2) is 4.39 Å². The molecule has 0 saturated heterocycles. The molecule has 4 nitrogen and oxygen atoms in total. The summed E-state index contributed by atoms with van der Waals surface area (Å²) in [6.07, 6.45) is 0. The van der Waals surface area contributed by atoms with E-state index < -0.39 is 16.4 Å². The molecule has 0 unspecified atom stereocenters. The molecular weight excluding hydrogens is 397 g/mol. The van der Waals surface area contributed by atoms with E-state index in [4.69, 9.17) is 4.74 Å². The molecule has 0 aliphatic rings. The van der Waals surface area contributed by atoms with Crippen molar-refractivity contribution in [3.05, 3.63) is 60.8 Å². The summed E-state index contributed by atoms with van der Waals surface area (Å²) < 4.78 is 19.9. The van der Waals surface area contributed by atoms with Gasteiger partial charge in [0.25, 0.3) is 0 Å². The lowest BCUT2D eigenvalue weighted by Crippen LogP contribution is -1.95. The summed E-state index contributed by atoms with van der Waals surface area (Å²) in [6.45, 7) is 1.87. The molecule has 0 atom stereocenters. The van der Waals surface area contributed by atoms with Gasteiger partial charge >= 0.3 is 5.69 Å². The number of halogens is 3. The van der Waals surface area contributed by atoms with Gasteiger partial charge in [0.15, 0.2) is 0 Å². The summed E-state index contributed by atoms with van der Waals surface area (Å²) in [5.41, 5.74) is 0.498. The minimum absolute atomic E-state index is 0.0232. The topological polar surface area (TPSA) is 52.4 Å². The van der Waals surface area contributed by atoms with Crippen LogP contribution in [-0.2, 0) is 0 Å². The standard InChI is InChI=1S/C13H8Br2FNO3/c1-7-4-8(2-3-9(7)14)20-13-5-10(15)11(16)6-12(13)17(18)19/h2-6H,1H3. The van der Waals surface area contributed by atoms with Crippen molar-refractivity contribution in [3.63, 3.8) is 0 Å². The highest BCUT2D eigenvalue weighted by molar-refractivity contribution is 9.10. The number of hydrogen-bond acceptors (Lipinski definition) is 3. The Balaban J connectivity index is 2.44. The van der Waals surface area contributed by atoms with E-state index in [1.165, 1.54) is 6.07 Å². The Kier molecular flexibility index (Phi) is 4.39. The number of nitro benzene ring substituents is 1. The molecule has 2 rings (SSSR count). The Morgan fingerprint density at radius 1 is 1.20 bits per heavy atom. The van der Waals surface area contributed by atoms with Gasteiger partial charge in [-0.1, -0.05) is 15.9 Å². The van der Waals surface area contributed by atoms with Gasteiger partial charge in [-0.05, 0) is 46.6 Å². The Bertz CT molecular complexity index is 692. The zero-order valence-corrected chi connectivity index (χ0v) is 13.4. The van der Waals surface area contributed by atoms with Gasteiger partial charge in [-0.2, -0.15) is 0 Å². The van der Waals surface area contributed by atoms with Crippen LogP contribution in [0.5, 0.6) is 11.5 Å². The number of nitrogens with zero attached hydrogens (tertiary/aromatic N) is 1. The third kappa shape index (κ3) is 3.16. The summed E-state index contributed by atoms with van der Waals surface area (Å²) in [5, 5.41) is 10.9. The maximum absolute atomic E-state index is 13.4. The normalized spacial score (nSPS) is 10.4. The summed E-state index contributed by atoms with van der Waals surface area (Å²) >= 11 is 6.34. The van der Waals surface area contributed by atoms with E-state index in [1.807, 2.05) is 6.92 Å². The zero-order valence-electron chi connectivity index (χ0n) is 10.2. The largest absolute Gasteiger partial charge is 0.450 e. The van der Waals surface area contributed by atoms with Crippen LogP contribution in [0, 0.1) is 22.9 Å². The maximum Gasteiger partial charge on any atom is 0.314 e. The quantitative estimate of drug-likeness (QED) is 0.511. The lowest BCUT2D eigenvalue weighted by atomic mass is 10.2. The van der Waals surface area contributed by atoms with E-state index in [9.17, 15) is 14.5 Å². The van der Waals surface area contributed by atoms with Crippen LogP contribution in [0.2, 0.25) is 0 Å². The monoisotopic (exact) mass is 403 g/mol. The first-order valence-electron chi connectivity index (χ1n) is 5.46. The van der Waals surface area contributed by atoms with Crippen LogP contribution >= 0.6 is 31.9 Å². The molecule has 0 fully saturated rings. The van der Waals surface area contributed by atoms with Crippen molar-refractivity contribution in [2.24, 2.45) is 0 Å². The third-order valence-electron chi connectivity index (χ3n) is 2.56. The molecule has 0 saturated carbocycles. The first-order valence-corrected chi connectivity index (χ1v) is 7.04. The predicted molar refractivity (Wildman–Crippen MR) is 79.7 cm³/mol. The Morgan fingerprint density at radius 3 is 2.50 bits per heavy atom. The molecule has 104 valence electrons. The molecule has 0 aliphatic heterocycles. The second kappa shape index (κ2) is 5.88. The summed E-state index contributed by atoms with van der Waals surface area (Å²) in [6, 6.07) is 7.23. The predicted octanol–water partition coefficient (Wildman–Crippen LogP) is 5.36. The second-order valence-corrected chi connectivity index (χ2v) is 5.71. The van der Waals surface area contributed by atoms with Crippen molar-refractivity contribution in [2.75, 3.05) is 0 Å². The summed E-state index contributed by atoms with van der Waals surface area (Å²) in [7, 11) is 0. The fourth-order valence-corrected chi connectivity index (χ4v) is 2.12. The van der Waals surface area contributed by atoms with E-state index in [-0.39, 0.29) is 10.2 Å². The molecule has 0 aromatic heterocycles. The molecule has 0 spiro atoms. The highest BCUT2D eigenvalue weighted by Gasteiger charge is 2.19. The smallest absolute Gasteiger partial charge is 0.314 e. The lowest BCUT2D eigenvalue weighted by Gasteiger charge is -2.08. The van der Waals surface area contributed by atoms with Crippen LogP contribution in [0.25, 0.3) is 0 Å². The van der Waals surface area contributed by atoms with Gasteiger partial charge < -0.3 is 4.74 Å². The average Bonchev–Trinajstić information content (AvgIpc) is 2.37. The van der Waals surface area contributed by atoms with E-state index in [1.54, 1.807) is 18.2 Å². The van der Waals surface area contributed by atoms with Gasteiger partial charge in [0.05, 0.1) is 15.5 Å². The Labute approximate surface area is 131 Å². The van der Waals surface area contributed by atoms with Crippen molar-refractivity contribution in [1.82, 2.24) is 0 Å². The van der Waals surface area contributed by atoms with E-state index in [2.05, 4.69) is 31.9 Å². The molecule has 0 N–H and O–H groups in total. The third-order valence-corrected chi connectivity index (χ3v) is 4.05. The minimum atomic E-state index is -0.712. The van der Waals surface area contributed by atoms with E-state index in [0.717, 1.165) is 16.1 Å². The molecule has 2 aromatic carbocycles. The summed E-state index contributed by atoms with van der Waals surface area (Å²) in [4.78, 5) is 10.2. The number of rotatable bonds is 3. The highest BCUT2D eigenvalue weighted by atomic mass is 79.9. The number of hydrogen-bond donors (Lipinski definition) is 0. The van der Waals surface area contributed by atoms with Crippen molar-refractivity contribution in [3.8, 4) is 11.5 Å². The van der Waals surface area contributed by atoms with Crippen molar-refractivity contribution in [1.29, 1.82) is 0 Å². The van der Waals surface area contributed by atoms with Crippen LogP contribution in [0.1, 0.15) is 5.56 Å². The average molecular weight is 405 g/mol. The highest BCUT2D eigenvalue weighted by Crippen LogP contribution is 2.36. The van der Waals surface area contributed by atoms with E-state index in [0.29, 0.717) is 5.75 Å². The fourth-order valence-electron chi connectivity index (χ4n) is 1.55. The maximum atomic E-state index is 13.4. The first kappa shape index (κ1) is 14.9. The SMILES string of the molecule is Cc1cc(Oc2cc(Br)c(F)cc2[N+](=O)[O-])ccc1Br. The number of ether oxygens (including phenoxy) is 1. The van der Waals surface area contributed by atoms with Gasteiger partial charge in [0.1, 0.15) is 11.6 Å². The molecule has 2 aromatic rings. The van der Waals surface area contributed by atoms with Crippen molar-refractivity contribution < 1.29 is 14.1 Å². The van der Waals surface area contributed by atoms with Crippen LogP contribution < -0.4 is 4.74 Å². The fraction of sp³-hybridized carbons (Fsp3) is 0.0769. The Morgan fingerprint density at radius 2 is 1.90 bits per heavy atom. The molecule has 0 aliphatic carbocycles. The molecule has 0 heterocycles. The number of benzene rings is 2. The molecule has 0 amide bonds. The van der Waals surface area contributed by atoms with Gasteiger partial charge in [0.2, 0.25) is 5.75 Å². The van der Waals surface area contributed by atoms with Crippen LogP contribution in [0.4, 0.5) is 10.1 Å². The minimum Gasteiger partial charge on any atom is -0.450 e. The molecule has 0 bridgehead atoms. The van der Waals surface area contributed by atoms with Crippen LogP contribution in [0.15, 0.2) is 39.3 Å². The molecule has 0 radical (unpaired) electrons. The van der Waals surface area contributed by atoms with Crippen molar-refractivity contribution >= 4 is 37.5 Å². The van der Waals surface area contributed by atoms with Gasteiger partial charge in [0, 0.05) is 10.5 Å². The molecular formula is C13H8Br2FNO3. The zero-order chi connectivity index (χ0) is 14.9. The van der Waals surface area contributed by atoms with Crippen LogP contribution in [0.3, 0.4) is 0 Å². The molecule has 20 heavy (non-hydrogen) atoms. The molecule has 7 heteroatoms. The van der Waals surface area contributed by atoms with Gasteiger partial charge in [-0.15, -0.1) is 0 Å². The van der Waals surface area contributed by atoms with Crippen molar-refractivity contribution in [2.45, 2.75) is 6.92 Å². The summed E-state index contributed by atoms with van der Waals surface area (Å²) in [5.74, 6) is -0.298. The Hall–Kier alpha value is -1.47. The first-order chi connectivity index (χ1) is 9.38. The number of aryl methyl sites for hydroxylation is 1. The number of nitro groups is 1. The van der Waals surface area contributed by atoms with Gasteiger partial charge in [-0.3, -0.25) is 10.1 Å². The second-order valence-electron chi connectivity index (χ2n) is 4.00. The lowest BCUT2D eigenvalue weighted by molar-refractivity contribution is -0.385. The van der Waals surface area contributed by atoms with E-state index >= 15 is 0 Å².